The summed E-state index contributed by atoms with van der Waals surface area (Å²) in [7, 11) is 5.58. The molecule has 0 aromatic heterocycles. The van der Waals surface area contributed by atoms with E-state index in [2.05, 4.69) is 29.0 Å². The van der Waals surface area contributed by atoms with Crippen LogP contribution < -0.4 is 5.32 Å². The molecule has 0 saturated carbocycles. The van der Waals surface area contributed by atoms with E-state index >= 15 is 0 Å². The summed E-state index contributed by atoms with van der Waals surface area (Å²) >= 11 is 0. The molecule has 0 aliphatic carbocycles. The summed E-state index contributed by atoms with van der Waals surface area (Å²) in [6.45, 7) is 6.91. The topological polar surface area (TPSA) is 41.6 Å². The second-order valence-electron chi connectivity index (χ2n) is 3.55. The lowest BCUT2D eigenvalue weighted by Gasteiger charge is -2.13. The van der Waals surface area contributed by atoms with E-state index in [0.717, 1.165) is 6.04 Å². The van der Waals surface area contributed by atoms with Crippen molar-refractivity contribution in [2.24, 2.45) is 0 Å². The average Bonchev–Trinajstić information content (AvgIpc) is 2.56. The first kappa shape index (κ1) is 17.8. The van der Waals surface area contributed by atoms with Gasteiger partial charge in [-0.1, -0.05) is 13.8 Å². The maximum atomic E-state index is 8.95. The SMILES string of the molecule is CC.CNC1CCCN(C)CC1.COC=O. The Morgan fingerprint density at radius 2 is 1.88 bits per heavy atom. The Bertz CT molecular complexity index is 143. The van der Waals surface area contributed by atoms with Gasteiger partial charge in [0.05, 0.1) is 7.11 Å². The highest BCUT2D eigenvalue weighted by atomic mass is 16.5. The van der Waals surface area contributed by atoms with E-state index in [9.17, 15) is 0 Å². The van der Waals surface area contributed by atoms with Crippen LogP contribution in [0.2, 0.25) is 0 Å². The average molecular weight is 232 g/mol. The summed E-state index contributed by atoms with van der Waals surface area (Å²) in [5, 5.41) is 3.34. The molecule has 1 atom stereocenters. The zero-order chi connectivity index (χ0) is 12.8. The predicted molar refractivity (Wildman–Crippen MR) is 68.6 cm³/mol. The Balaban J connectivity index is 0. The zero-order valence-corrected chi connectivity index (χ0v) is 11.5. The summed E-state index contributed by atoms with van der Waals surface area (Å²) < 4.78 is 3.86. The highest BCUT2D eigenvalue weighted by molar-refractivity contribution is 5.36. The molecule has 1 aliphatic rings. The number of ether oxygens (including phenoxy) is 1. The monoisotopic (exact) mass is 232 g/mol. The van der Waals surface area contributed by atoms with Crippen LogP contribution in [-0.2, 0) is 9.53 Å². The second-order valence-corrected chi connectivity index (χ2v) is 3.55. The van der Waals surface area contributed by atoms with Crippen LogP contribution in [0.15, 0.2) is 0 Å². The van der Waals surface area contributed by atoms with Gasteiger partial charge < -0.3 is 15.0 Å². The van der Waals surface area contributed by atoms with E-state index in [1.807, 2.05) is 13.8 Å². The van der Waals surface area contributed by atoms with Gasteiger partial charge in [-0.3, -0.25) is 4.79 Å². The third kappa shape index (κ3) is 11.5. The Morgan fingerprint density at radius 3 is 2.31 bits per heavy atom. The Morgan fingerprint density at radius 1 is 1.31 bits per heavy atom. The molecule has 0 amide bonds. The molecular weight excluding hydrogens is 204 g/mol. The van der Waals surface area contributed by atoms with Crippen molar-refractivity contribution in [2.75, 3.05) is 34.3 Å². The molecule has 0 spiro atoms. The van der Waals surface area contributed by atoms with Crippen molar-refractivity contribution >= 4 is 6.47 Å². The van der Waals surface area contributed by atoms with Gasteiger partial charge in [-0.2, -0.15) is 0 Å². The third-order valence-corrected chi connectivity index (χ3v) is 2.46. The van der Waals surface area contributed by atoms with Gasteiger partial charge in [-0.25, -0.2) is 0 Å². The van der Waals surface area contributed by atoms with E-state index in [0.29, 0.717) is 6.47 Å². The minimum absolute atomic E-state index is 0.375. The van der Waals surface area contributed by atoms with Crippen molar-refractivity contribution in [3.05, 3.63) is 0 Å². The van der Waals surface area contributed by atoms with E-state index < -0.39 is 0 Å². The molecule has 1 N–H and O–H groups in total. The summed E-state index contributed by atoms with van der Waals surface area (Å²) in [6, 6.07) is 0.768. The van der Waals surface area contributed by atoms with Crippen molar-refractivity contribution < 1.29 is 9.53 Å². The van der Waals surface area contributed by atoms with E-state index in [1.54, 1.807) is 0 Å². The normalized spacial score (nSPS) is 20.4. The summed E-state index contributed by atoms with van der Waals surface area (Å²) in [4.78, 5) is 11.4. The molecule has 16 heavy (non-hydrogen) atoms. The second kappa shape index (κ2) is 14.4. The van der Waals surface area contributed by atoms with Crippen LogP contribution in [0, 0.1) is 0 Å². The quantitative estimate of drug-likeness (QED) is 0.733. The van der Waals surface area contributed by atoms with Crippen molar-refractivity contribution in [3.63, 3.8) is 0 Å². The number of methoxy groups -OCH3 is 1. The first-order valence-electron chi connectivity index (χ1n) is 6.06. The maximum absolute atomic E-state index is 8.95. The largest absolute Gasteiger partial charge is 0.471 e. The van der Waals surface area contributed by atoms with Crippen LogP contribution in [0.25, 0.3) is 0 Å². The number of carbonyl (C=O) groups is 1. The number of carbonyl (C=O) groups excluding carboxylic acids is 1. The number of nitrogens with zero attached hydrogens (tertiary/aromatic N) is 1. The Kier molecular flexibility index (Phi) is 16.0. The number of hydrogen-bond donors (Lipinski definition) is 1. The lowest BCUT2D eigenvalue weighted by molar-refractivity contribution is -0.126. The van der Waals surface area contributed by atoms with Crippen LogP contribution in [0.4, 0.5) is 0 Å². The van der Waals surface area contributed by atoms with E-state index in [-0.39, 0.29) is 0 Å². The van der Waals surface area contributed by atoms with E-state index in [4.69, 9.17) is 4.79 Å². The van der Waals surface area contributed by atoms with Crippen LogP contribution in [0.5, 0.6) is 0 Å². The van der Waals surface area contributed by atoms with Gasteiger partial charge in [0.1, 0.15) is 0 Å². The molecular formula is C12H28N2O2. The summed E-state index contributed by atoms with van der Waals surface area (Å²) in [5.74, 6) is 0. The predicted octanol–water partition coefficient (Wildman–Crippen LogP) is 1.51. The first-order valence-corrected chi connectivity index (χ1v) is 6.06. The molecule has 0 bridgehead atoms. The lowest BCUT2D eigenvalue weighted by atomic mass is 10.1. The van der Waals surface area contributed by atoms with Crippen LogP contribution in [-0.4, -0.2) is 51.7 Å². The molecule has 0 aromatic rings. The molecule has 1 heterocycles. The Hall–Kier alpha value is -0.610. The number of nitrogens with one attached hydrogen (secondary N) is 1. The van der Waals surface area contributed by atoms with Crippen molar-refractivity contribution in [2.45, 2.75) is 39.2 Å². The molecule has 1 fully saturated rings. The van der Waals surface area contributed by atoms with Gasteiger partial charge >= 0.3 is 0 Å². The van der Waals surface area contributed by atoms with Gasteiger partial charge in [0, 0.05) is 6.04 Å². The molecule has 1 saturated heterocycles. The molecule has 4 nitrogen and oxygen atoms in total. The van der Waals surface area contributed by atoms with Crippen molar-refractivity contribution in [1.29, 1.82) is 0 Å². The van der Waals surface area contributed by atoms with Gasteiger partial charge in [-0.05, 0) is 46.4 Å². The number of rotatable bonds is 2. The van der Waals surface area contributed by atoms with Gasteiger partial charge in [0.25, 0.3) is 6.47 Å². The van der Waals surface area contributed by atoms with Crippen LogP contribution in [0.1, 0.15) is 33.1 Å². The number of hydrogen-bond acceptors (Lipinski definition) is 4. The fraction of sp³-hybridized carbons (Fsp3) is 0.917. The minimum Gasteiger partial charge on any atom is -0.471 e. The fourth-order valence-electron chi connectivity index (χ4n) is 1.53. The Labute approximate surface area is 100 Å². The van der Waals surface area contributed by atoms with E-state index in [1.165, 1.54) is 39.5 Å². The van der Waals surface area contributed by atoms with Gasteiger partial charge in [-0.15, -0.1) is 0 Å². The maximum Gasteiger partial charge on any atom is 0.292 e. The molecule has 0 aromatic carbocycles. The standard InChI is InChI=1S/C8H18N2.C2H4O2.C2H6/c1-9-8-4-3-6-10(2)7-5-8;1-4-2-3;1-2/h8-9H,3-7H2,1-2H3;2H,1H3;1-2H3. The number of likely N-dealkylation sites (tertiary alicyclic amines) is 1. The highest BCUT2D eigenvalue weighted by Gasteiger charge is 2.11. The summed E-state index contributed by atoms with van der Waals surface area (Å²) in [6.07, 6.45) is 4.01. The van der Waals surface area contributed by atoms with Crippen LogP contribution in [0.3, 0.4) is 0 Å². The third-order valence-electron chi connectivity index (χ3n) is 2.46. The smallest absolute Gasteiger partial charge is 0.292 e. The molecule has 1 rings (SSSR count). The molecule has 1 unspecified atom stereocenters. The van der Waals surface area contributed by atoms with Crippen LogP contribution >= 0.6 is 0 Å². The highest BCUT2D eigenvalue weighted by Crippen LogP contribution is 2.08. The first-order chi connectivity index (χ1) is 7.74. The molecule has 1 aliphatic heterocycles. The molecule has 98 valence electrons. The van der Waals surface area contributed by atoms with Crippen molar-refractivity contribution in [1.82, 2.24) is 10.2 Å². The van der Waals surface area contributed by atoms with Crippen molar-refractivity contribution in [3.8, 4) is 0 Å². The fourth-order valence-corrected chi connectivity index (χ4v) is 1.53. The lowest BCUT2D eigenvalue weighted by Crippen LogP contribution is -2.26. The zero-order valence-electron chi connectivity index (χ0n) is 11.5. The van der Waals surface area contributed by atoms with Gasteiger partial charge in [0.2, 0.25) is 0 Å². The van der Waals surface area contributed by atoms with Gasteiger partial charge in [0.15, 0.2) is 0 Å². The minimum atomic E-state index is 0.375. The summed E-state index contributed by atoms with van der Waals surface area (Å²) in [5.41, 5.74) is 0. The molecule has 0 radical (unpaired) electrons. The molecule has 4 heteroatoms.